The van der Waals surface area contributed by atoms with Gasteiger partial charge >= 0.3 is 0 Å². The first-order valence-corrected chi connectivity index (χ1v) is 10.6. The molecule has 2 saturated heterocycles. The summed E-state index contributed by atoms with van der Waals surface area (Å²) in [6, 6.07) is 6.34. The normalized spacial score (nSPS) is 32.9. The van der Waals surface area contributed by atoms with Crippen molar-refractivity contribution in [3.05, 3.63) is 24.4 Å². The van der Waals surface area contributed by atoms with Gasteiger partial charge in [0.05, 0.1) is 12.6 Å². The number of fused-ring (bicyclic) bond motifs is 2. The average Bonchev–Trinajstić information content (AvgIpc) is 3.26. The van der Waals surface area contributed by atoms with Crippen LogP contribution in [-0.2, 0) is 4.74 Å². The summed E-state index contributed by atoms with van der Waals surface area (Å²) < 4.78 is 12.1. The van der Waals surface area contributed by atoms with Gasteiger partial charge in [0.15, 0.2) is 5.96 Å². The van der Waals surface area contributed by atoms with Crippen LogP contribution in [0.4, 0.5) is 0 Å². The van der Waals surface area contributed by atoms with Crippen molar-refractivity contribution >= 4 is 29.9 Å². The van der Waals surface area contributed by atoms with E-state index in [0.29, 0.717) is 29.4 Å². The first-order chi connectivity index (χ1) is 13.3. The van der Waals surface area contributed by atoms with Crippen LogP contribution in [0.5, 0.6) is 5.88 Å². The number of pyridine rings is 1. The fraction of sp³-hybridized carbons (Fsp3) is 0.714. The molecule has 4 aliphatic rings. The highest BCUT2D eigenvalue weighted by Gasteiger charge is 2.66. The van der Waals surface area contributed by atoms with E-state index in [-0.39, 0.29) is 30.1 Å². The third-order valence-electron chi connectivity index (χ3n) is 7.00. The van der Waals surface area contributed by atoms with Crippen LogP contribution in [0.25, 0.3) is 0 Å². The number of aromatic nitrogens is 1. The quantitative estimate of drug-likeness (QED) is 0.393. The fourth-order valence-electron chi connectivity index (χ4n) is 5.59. The second kappa shape index (κ2) is 8.34. The van der Waals surface area contributed by atoms with E-state index < -0.39 is 0 Å². The van der Waals surface area contributed by atoms with Gasteiger partial charge in [-0.25, -0.2) is 4.98 Å². The number of likely N-dealkylation sites (tertiary alicyclic amines) is 1. The lowest BCUT2D eigenvalue weighted by molar-refractivity contribution is -0.171. The molecule has 0 radical (unpaired) electrons. The van der Waals surface area contributed by atoms with Gasteiger partial charge in [0.25, 0.3) is 0 Å². The predicted octanol–water partition coefficient (Wildman–Crippen LogP) is 3.08. The summed E-state index contributed by atoms with van der Waals surface area (Å²) in [6.45, 7) is 5.69. The van der Waals surface area contributed by atoms with E-state index in [1.54, 1.807) is 6.20 Å². The minimum Gasteiger partial charge on any atom is -0.472 e. The minimum atomic E-state index is 0. The number of hydrogen-bond acceptors (Lipinski definition) is 4. The second-order valence-electron chi connectivity index (χ2n) is 8.39. The summed E-state index contributed by atoms with van der Waals surface area (Å²) in [7, 11) is 0. The second-order valence-corrected chi connectivity index (χ2v) is 8.39. The third kappa shape index (κ3) is 3.38. The number of hydrogen-bond donors (Lipinski definition) is 1. The SMILES string of the molecule is CCN=C(NC1C2CCOC2C12CCC2)N1CCC(Oc2ccccn2)C1.I. The number of rotatable bonds is 4. The van der Waals surface area contributed by atoms with Gasteiger partial charge in [-0.3, -0.25) is 4.99 Å². The molecule has 3 heterocycles. The van der Waals surface area contributed by atoms with Crippen molar-refractivity contribution < 1.29 is 9.47 Å². The summed E-state index contributed by atoms with van der Waals surface area (Å²) in [5, 5.41) is 3.87. The molecule has 28 heavy (non-hydrogen) atoms. The summed E-state index contributed by atoms with van der Waals surface area (Å²) in [5.41, 5.74) is 0.374. The lowest BCUT2D eigenvalue weighted by Crippen LogP contribution is -2.72. The molecule has 0 amide bonds. The molecule has 0 bridgehead atoms. The summed E-state index contributed by atoms with van der Waals surface area (Å²) in [6.07, 6.45) is 8.58. The maximum absolute atomic E-state index is 6.07. The van der Waals surface area contributed by atoms with Crippen LogP contribution in [-0.4, -0.2) is 60.3 Å². The Kier molecular flexibility index (Phi) is 6.01. The van der Waals surface area contributed by atoms with E-state index >= 15 is 0 Å². The lowest BCUT2D eigenvalue weighted by atomic mass is 9.46. The number of aliphatic imine (C=N–C) groups is 1. The predicted molar refractivity (Wildman–Crippen MR) is 119 cm³/mol. The number of nitrogens with one attached hydrogen (secondary N) is 1. The zero-order valence-corrected chi connectivity index (χ0v) is 18.9. The van der Waals surface area contributed by atoms with Gasteiger partial charge in [-0.1, -0.05) is 12.5 Å². The van der Waals surface area contributed by atoms with Crippen LogP contribution in [0.1, 0.15) is 39.0 Å². The van der Waals surface area contributed by atoms with Crippen LogP contribution in [0.3, 0.4) is 0 Å². The van der Waals surface area contributed by atoms with E-state index in [4.69, 9.17) is 14.5 Å². The first-order valence-electron chi connectivity index (χ1n) is 10.6. The van der Waals surface area contributed by atoms with Gasteiger partial charge in [-0.05, 0) is 32.3 Å². The van der Waals surface area contributed by atoms with E-state index in [9.17, 15) is 0 Å². The molecule has 1 spiro atoms. The molecule has 0 aromatic carbocycles. The Balaban J connectivity index is 0.00000192. The third-order valence-corrected chi connectivity index (χ3v) is 7.00. The maximum atomic E-state index is 6.07. The van der Waals surface area contributed by atoms with Gasteiger partial charge in [-0.2, -0.15) is 0 Å². The van der Waals surface area contributed by atoms with Crippen LogP contribution >= 0.6 is 24.0 Å². The van der Waals surface area contributed by atoms with E-state index in [1.807, 2.05) is 18.2 Å². The van der Waals surface area contributed by atoms with Crippen molar-refractivity contribution in [2.45, 2.75) is 57.3 Å². The monoisotopic (exact) mass is 498 g/mol. The molecule has 2 aliphatic carbocycles. The molecule has 2 saturated carbocycles. The molecule has 1 N–H and O–H groups in total. The Labute approximate surface area is 184 Å². The van der Waals surface area contributed by atoms with Crippen molar-refractivity contribution in [2.75, 3.05) is 26.2 Å². The molecular weight excluding hydrogens is 467 g/mol. The Morgan fingerprint density at radius 1 is 1.39 bits per heavy atom. The molecule has 6 nitrogen and oxygen atoms in total. The highest BCUT2D eigenvalue weighted by atomic mass is 127. The number of halogens is 1. The maximum Gasteiger partial charge on any atom is 0.213 e. The van der Waals surface area contributed by atoms with Crippen molar-refractivity contribution in [1.82, 2.24) is 15.2 Å². The fourth-order valence-corrected chi connectivity index (χ4v) is 5.59. The molecule has 5 rings (SSSR count). The van der Waals surface area contributed by atoms with Crippen molar-refractivity contribution in [1.29, 1.82) is 0 Å². The van der Waals surface area contributed by atoms with Crippen molar-refractivity contribution in [2.24, 2.45) is 16.3 Å². The van der Waals surface area contributed by atoms with Crippen LogP contribution in [0.15, 0.2) is 29.4 Å². The molecule has 7 heteroatoms. The molecule has 1 aromatic rings. The Hall–Kier alpha value is -1.09. The molecule has 4 unspecified atom stereocenters. The van der Waals surface area contributed by atoms with Gasteiger partial charge in [0.2, 0.25) is 5.88 Å². The molecule has 154 valence electrons. The largest absolute Gasteiger partial charge is 0.472 e. The smallest absolute Gasteiger partial charge is 0.213 e. The van der Waals surface area contributed by atoms with Crippen LogP contribution in [0.2, 0.25) is 0 Å². The Morgan fingerprint density at radius 3 is 3.00 bits per heavy atom. The van der Waals surface area contributed by atoms with Crippen LogP contribution < -0.4 is 10.1 Å². The van der Waals surface area contributed by atoms with E-state index in [0.717, 1.165) is 38.6 Å². The Morgan fingerprint density at radius 2 is 2.29 bits per heavy atom. The van der Waals surface area contributed by atoms with Gasteiger partial charge in [-0.15, -0.1) is 24.0 Å². The molecule has 1 aromatic heterocycles. The molecular formula is C21H31IN4O2. The average molecular weight is 498 g/mol. The number of nitrogens with zero attached hydrogens (tertiary/aromatic N) is 3. The molecule has 4 fully saturated rings. The standard InChI is InChI=1S/C21H30N4O2.HI/c1-2-22-20(24-18-16-8-13-26-19(16)21(18)9-5-10-21)25-12-7-15(14-25)27-17-6-3-4-11-23-17;/h3-4,6,11,15-16,18-19H,2,5,7-10,12-14H2,1H3,(H,22,24);1H. The van der Waals surface area contributed by atoms with E-state index in [2.05, 4.69) is 22.1 Å². The zero-order valence-electron chi connectivity index (χ0n) is 16.5. The molecule has 4 atom stereocenters. The summed E-state index contributed by atoms with van der Waals surface area (Å²) in [4.78, 5) is 11.5. The summed E-state index contributed by atoms with van der Waals surface area (Å²) >= 11 is 0. The number of guanidine groups is 1. The summed E-state index contributed by atoms with van der Waals surface area (Å²) in [5.74, 6) is 2.44. The van der Waals surface area contributed by atoms with Gasteiger partial charge < -0.3 is 19.7 Å². The van der Waals surface area contributed by atoms with Crippen LogP contribution in [0, 0.1) is 11.3 Å². The first kappa shape index (κ1) is 20.2. The lowest BCUT2D eigenvalue weighted by Gasteiger charge is -2.63. The zero-order chi connectivity index (χ0) is 18.3. The molecule has 2 aliphatic heterocycles. The van der Waals surface area contributed by atoms with Crippen molar-refractivity contribution in [3.63, 3.8) is 0 Å². The minimum absolute atomic E-state index is 0. The highest BCUT2D eigenvalue weighted by Crippen LogP contribution is 2.62. The number of ether oxygens (including phenoxy) is 2. The Bertz CT molecular complexity index is 697. The van der Waals surface area contributed by atoms with Crippen molar-refractivity contribution in [3.8, 4) is 5.88 Å². The highest BCUT2D eigenvalue weighted by molar-refractivity contribution is 14.0. The topological polar surface area (TPSA) is 59.0 Å². The van der Waals surface area contributed by atoms with Gasteiger partial charge in [0, 0.05) is 55.8 Å². The van der Waals surface area contributed by atoms with Gasteiger partial charge in [0.1, 0.15) is 6.10 Å². The van der Waals surface area contributed by atoms with E-state index in [1.165, 1.54) is 25.7 Å².